The molecule has 0 saturated carbocycles. The lowest BCUT2D eigenvalue weighted by Crippen LogP contribution is -2.40. The average molecular weight is 310 g/mol. The highest BCUT2D eigenvalue weighted by atomic mass is 35.5. The van der Waals surface area contributed by atoms with E-state index in [0.717, 1.165) is 9.13 Å². The summed E-state index contributed by atoms with van der Waals surface area (Å²) in [6.45, 7) is 0. The summed E-state index contributed by atoms with van der Waals surface area (Å²) in [5.74, 6) is -0.969. The maximum Gasteiger partial charge on any atom is 0.333 e. The Bertz CT molecular complexity index is 838. The Morgan fingerprint density at radius 3 is 2.57 bits per heavy atom. The second kappa shape index (κ2) is 5.45. The Morgan fingerprint density at radius 2 is 1.95 bits per heavy atom. The van der Waals surface area contributed by atoms with Crippen LogP contribution >= 0.6 is 11.6 Å². The van der Waals surface area contributed by atoms with Crippen LogP contribution in [0.4, 0.5) is 0 Å². The van der Waals surface area contributed by atoms with Gasteiger partial charge in [0.1, 0.15) is 5.75 Å². The van der Waals surface area contributed by atoms with Gasteiger partial charge < -0.3 is 9.84 Å². The minimum absolute atomic E-state index is 0.239. The van der Waals surface area contributed by atoms with Gasteiger partial charge in [-0.3, -0.25) is 19.3 Å². The molecule has 0 fully saturated rings. The van der Waals surface area contributed by atoms with Crippen molar-refractivity contribution in [2.75, 3.05) is 0 Å². The molecule has 0 spiro atoms. The van der Waals surface area contributed by atoms with Crippen molar-refractivity contribution in [3.63, 3.8) is 0 Å². The van der Waals surface area contributed by atoms with Gasteiger partial charge in [0.25, 0.3) is 5.56 Å². The summed E-state index contributed by atoms with van der Waals surface area (Å²) >= 11 is 5.80. The first-order chi connectivity index (χ1) is 9.82. The predicted molar refractivity (Wildman–Crippen MR) is 77.5 cm³/mol. The fourth-order valence-corrected chi connectivity index (χ4v) is 1.91. The smallest absolute Gasteiger partial charge is 0.333 e. The van der Waals surface area contributed by atoms with Crippen LogP contribution in [-0.4, -0.2) is 20.1 Å². The van der Waals surface area contributed by atoms with Crippen molar-refractivity contribution in [3.8, 4) is 11.6 Å². The largest absolute Gasteiger partial charge is 0.494 e. The first-order valence-electron chi connectivity index (χ1n) is 5.84. The molecule has 0 bridgehead atoms. The Labute approximate surface area is 124 Å². The molecule has 0 radical (unpaired) electrons. The average Bonchev–Trinajstić information content (AvgIpc) is 2.43. The van der Waals surface area contributed by atoms with Crippen LogP contribution in [0.15, 0.2) is 33.9 Å². The van der Waals surface area contributed by atoms with Crippen molar-refractivity contribution in [2.45, 2.75) is 0 Å². The number of benzene rings is 1. The maximum absolute atomic E-state index is 12.0. The zero-order valence-electron chi connectivity index (χ0n) is 11.3. The van der Waals surface area contributed by atoms with E-state index in [0.29, 0.717) is 5.02 Å². The predicted octanol–water partition coefficient (Wildman–Crippen LogP) is 0.847. The highest BCUT2D eigenvalue weighted by Gasteiger charge is 2.20. The van der Waals surface area contributed by atoms with E-state index >= 15 is 0 Å². The molecule has 110 valence electrons. The van der Waals surface area contributed by atoms with E-state index in [9.17, 15) is 14.7 Å². The van der Waals surface area contributed by atoms with Gasteiger partial charge in [-0.05, 0) is 18.2 Å². The minimum Gasteiger partial charge on any atom is -0.494 e. The third-order valence-electron chi connectivity index (χ3n) is 2.88. The number of rotatable bonds is 2. The van der Waals surface area contributed by atoms with Gasteiger partial charge >= 0.3 is 5.69 Å². The summed E-state index contributed by atoms with van der Waals surface area (Å²) in [6, 6.07) is 6.24. The first kappa shape index (κ1) is 14.9. The van der Waals surface area contributed by atoms with Crippen LogP contribution in [0.5, 0.6) is 11.6 Å². The van der Waals surface area contributed by atoms with E-state index in [1.54, 1.807) is 18.2 Å². The molecule has 7 nitrogen and oxygen atoms in total. The number of hydrogen-bond donors (Lipinski definition) is 2. The van der Waals surface area contributed by atoms with Crippen molar-refractivity contribution >= 4 is 17.5 Å². The minimum atomic E-state index is -0.817. The quantitative estimate of drug-likeness (QED) is 0.634. The number of aromatic hydroxyl groups is 1. The van der Waals surface area contributed by atoms with Crippen LogP contribution in [0, 0.1) is 5.41 Å². The van der Waals surface area contributed by atoms with Gasteiger partial charge in [-0.2, -0.15) is 0 Å². The lowest BCUT2D eigenvalue weighted by molar-refractivity contribution is 0.406. The molecule has 2 rings (SSSR count). The Balaban J connectivity index is 2.50. The number of hydrogen-bond acceptors (Lipinski definition) is 5. The summed E-state index contributed by atoms with van der Waals surface area (Å²) in [5.41, 5.74) is -1.92. The monoisotopic (exact) mass is 309 g/mol. The third kappa shape index (κ3) is 2.68. The fraction of sp³-hybridized carbons (Fsp3) is 0.154. The van der Waals surface area contributed by atoms with Crippen molar-refractivity contribution in [3.05, 3.63) is 55.7 Å². The highest BCUT2D eigenvalue weighted by Crippen LogP contribution is 2.19. The summed E-state index contributed by atoms with van der Waals surface area (Å²) in [5, 5.41) is 18.1. The molecule has 2 aromatic rings. The van der Waals surface area contributed by atoms with Crippen LogP contribution < -0.4 is 16.0 Å². The van der Waals surface area contributed by atoms with Crippen LogP contribution in [0.1, 0.15) is 5.56 Å². The van der Waals surface area contributed by atoms with Crippen molar-refractivity contribution in [1.29, 1.82) is 5.41 Å². The zero-order valence-corrected chi connectivity index (χ0v) is 12.0. The summed E-state index contributed by atoms with van der Waals surface area (Å²) in [7, 11) is 2.54. The molecule has 2 N–H and O–H groups in total. The topological polar surface area (TPSA) is 97.3 Å². The Morgan fingerprint density at radius 1 is 1.29 bits per heavy atom. The van der Waals surface area contributed by atoms with Gasteiger partial charge in [-0.25, -0.2) is 4.79 Å². The van der Waals surface area contributed by atoms with Crippen LogP contribution in [0.3, 0.4) is 0 Å². The molecule has 0 aliphatic rings. The molecule has 1 heterocycles. The second-order valence-corrected chi connectivity index (χ2v) is 4.73. The van der Waals surface area contributed by atoms with Crippen molar-refractivity contribution in [2.24, 2.45) is 14.1 Å². The summed E-state index contributed by atoms with van der Waals surface area (Å²) < 4.78 is 6.84. The number of nitrogens with one attached hydrogen (secondary N) is 1. The molecule has 1 aromatic carbocycles. The van der Waals surface area contributed by atoms with Crippen LogP contribution in [-0.2, 0) is 14.1 Å². The highest BCUT2D eigenvalue weighted by molar-refractivity contribution is 6.30. The third-order valence-corrected chi connectivity index (χ3v) is 3.11. The molecule has 0 atom stereocenters. The number of ether oxygens (including phenoxy) is 1. The van der Waals surface area contributed by atoms with Crippen molar-refractivity contribution < 1.29 is 9.84 Å². The molecule has 0 unspecified atom stereocenters. The molecule has 0 aliphatic carbocycles. The normalized spacial score (nSPS) is 10.4. The zero-order chi connectivity index (χ0) is 15.7. The molecule has 21 heavy (non-hydrogen) atoms. The van der Waals surface area contributed by atoms with E-state index in [-0.39, 0.29) is 5.75 Å². The van der Waals surface area contributed by atoms with Gasteiger partial charge in [0.2, 0.25) is 11.8 Å². The van der Waals surface area contributed by atoms with Gasteiger partial charge in [-0.15, -0.1) is 0 Å². The molecule has 0 saturated heterocycles. The van der Waals surface area contributed by atoms with E-state index in [1.807, 2.05) is 0 Å². The molecule has 0 amide bonds. The standard InChI is InChI=1S/C13H12ClN3O4/c1-16-11(18)9(12(19)17(2)13(16)20)10(15)21-8-5-3-4-7(14)6-8/h3-6,15,18H,1-2H3. The fourth-order valence-electron chi connectivity index (χ4n) is 1.73. The van der Waals surface area contributed by atoms with Gasteiger partial charge in [0, 0.05) is 19.1 Å². The molecule has 0 aliphatic heterocycles. The number of halogens is 1. The molecule has 8 heteroatoms. The van der Waals surface area contributed by atoms with Gasteiger partial charge in [0.15, 0.2) is 5.56 Å². The second-order valence-electron chi connectivity index (χ2n) is 4.29. The maximum atomic E-state index is 12.0. The number of aromatic nitrogens is 2. The first-order valence-corrected chi connectivity index (χ1v) is 6.22. The summed E-state index contributed by atoms with van der Waals surface area (Å²) in [4.78, 5) is 23.6. The van der Waals surface area contributed by atoms with E-state index in [1.165, 1.54) is 20.2 Å². The SMILES string of the molecule is Cn1c(O)c(C(=N)Oc2cccc(Cl)c2)c(=O)n(C)c1=O. The van der Waals surface area contributed by atoms with E-state index < -0.39 is 28.6 Å². The summed E-state index contributed by atoms with van der Waals surface area (Å²) in [6.07, 6.45) is 0. The van der Waals surface area contributed by atoms with Gasteiger partial charge in [0.05, 0.1) is 0 Å². The Hall–Kier alpha value is -2.54. The van der Waals surface area contributed by atoms with Crippen molar-refractivity contribution in [1.82, 2.24) is 9.13 Å². The van der Waals surface area contributed by atoms with Crippen LogP contribution in [0.25, 0.3) is 0 Å². The number of nitrogens with zero attached hydrogens (tertiary/aromatic N) is 2. The lowest BCUT2D eigenvalue weighted by atomic mass is 10.3. The molecule has 1 aromatic heterocycles. The molecular weight excluding hydrogens is 298 g/mol. The molecular formula is C13H12ClN3O4. The Kier molecular flexibility index (Phi) is 3.86. The van der Waals surface area contributed by atoms with Crippen LogP contribution in [0.2, 0.25) is 5.02 Å². The van der Waals surface area contributed by atoms with E-state index in [4.69, 9.17) is 21.7 Å². The van der Waals surface area contributed by atoms with Gasteiger partial charge in [-0.1, -0.05) is 17.7 Å². The van der Waals surface area contributed by atoms with E-state index in [2.05, 4.69) is 0 Å². The lowest BCUT2D eigenvalue weighted by Gasteiger charge is -2.11.